The lowest BCUT2D eigenvalue weighted by Gasteiger charge is -2.16. The molecule has 1 atom stereocenters. The van der Waals surface area contributed by atoms with E-state index in [9.17, 15) is 9.59 Å². The van der Waals surface area contributed by atoms with Crippen molar-refractivity contribution < 1.29 is 19.2 Å². The maximum Gasteiger partial charge on any atom is 0.293 e. The van der Waals surface area contributed by atoms with Gasteiger partial charge in [-0.1, -0.05) is 29.8 Å². The molecule has 0 heterocycles. The fraction of sp³-hybridized carbons (Fsp3) is 0.263. The summed E-state index contributed by atoms with van der Waals surface area (Å²) in [5, 5.41) is 0. The number of hydrogen-bond donors (Lipinski definition) is 3. The summed E-state index contributed by atoms with van der Waals surface area (Å²) in [6.45, 7) is 2.89. The lowest BCUT2D eigenvalue weighted by atomic mass is 10.1. The molecule has 132 valence electrons. The number of rotatable bonds is 6. The smallest absolute Gasteiger partial charge is 0.293 e. The summed E-state index contributed by atoms with van der Waals surface area (Å²) in [6.07, 6.45) is 0. The summed E-state index contributed by atoms with van der Waals surface area (Å²) in [6, 6.07) is 14.7. The monoisotopic (exact) mass is 342 g/mol. The molecule has 2 rings (SSSR count). The van der Waals surface area contributed by atoms with E-state index in [0.717, 1.165) is 21.8 Å². The van der Waals surface area contributed by atoms with Crippen LogP contribution < -0.4 is 20.5 Å². The first kappa shape index (κ1) is 18.5. The summed E-state index contributed by atoms with van der Waals surface area (Å²) < 4.78 is 5.36. The fourth-order valence-corrected chi connectivity index (χ4v) is 2.54. The number of carbonyl (C=O) groups is 2. The number of ether oxygens (including phenoxy) is 1. The molecule has 6 heteroatoms. The van der Waals surface area contributed by atoms with Crippen LogP contribution in [0, 0.1) is 6.92 Å². The second-order valence-electron chi connectivity index (χ2n) is 5.99. The first-order valence-corrected chi connectivity index (χ1v) is 8.08. The van der Waals surface area contributed by atoms with Gasteiger partial charge in [-0.05, 0) is 31.2 Å². The maximum atomic E-state index is 12.0. The average molecular weight is 342 g/mol. The minimum Gasteiger partial charge on any atom is -0.496 e. The Balaban J connectivity index is 1.84. The van der Waals surface area contributed by atoms with Gasteiger partial charge in [-0.3, -0.25) is 20.4 Å². The number of likely N-dealkylation sites (N-methyl/N-ethyl adjacent to an activating group) is 1. The predicted octanol–water partition coefficient (Wildman–Crippen LogP) is 0.480. The third kappa shape index (κ3) is 5.61. The molecule has 0 aliphatic heterocycles. The fourth-order valence-electron chi connectivity index (χ4n) is 2.54. The van der Waals surface area contributed by atoms with Gasteiger partial charge in [0, 0.05) is 11.1 Å². The van der Waals surface area contributed by atoms with Crippen molar-refractivity contribution in [3.63, 3.8) is 0 Å². The number of amides is 2. The SMILES string of the molecule is COc1ccc(C)cc1C[NH+](C)CC(=O)NNC(=O)c1ccccc1. The summed E-state index contributed by atoms with van der Waals surface area (Å²) in [7, 11) is 3.55. The van der Waals surface area contributed by atoms with Crippen LogP contribution in [0.4, 0.5) is 0 Å². The molecule has 25 heavy (non-hydrogen) atoms. The van der Waals surface area contributed by atoms with Crippen LogP contribution in [-0.2, 0) is 11.3 Å². The molecule has 1 unspecified atom stereocenters. The van der Waals surface area contributed by atoms with E-state index < -0.39 is 0 Å². The molecule has 0 fully saturated rings. The third-order valence-corrected chi connectivity index (χ3v) is 3.74. The molecule has 0 aliphatic rings. The molecule has 0 saturated carbocycles. The van der Waals surface area contributed by atoms with Crippen LogP contribution in [0.3, 0.4) is 0 Å². The number of benzene rings is 2. The Kier molecular flexibility index (Phi) is 6.54. The zero-order chi connectivity index (χ0) is 18.2. The standard InChI is InChI=1S/C19H23N3O3/c1-14-9-10-17(25-3)16(11-14)12-22(2)13-18(23)20-21-19(24)15-7-5-4-6-8-15/h4-11H,12-13H2,1-3H3,(H,20,23)(H,21,24)/p+1. The molecular weight excluding hydrogens is 318 g/mol. The lowest BCUT2D eigenvalue weighted by molar-refractivity contribution is -0.885. The lowest BCUT2D eigenvalue weighted by Crippen LogP contribution is -3.09. The van der Waals surface area contributed by atoms with E-state index in [0.29, 0.717) is 12.1 Å². The van der Waals surface area contributed by atoms with Gasteiger partial charge in [-0.15, -0.1) is 0 Å². The number of nitrogens with one attached hydrogen (secondary N) is 3. The topological polar surface area (TPSA) is 71.9 Å². The van der Waals surface area contributed by atoms with E-state index >= 15 is 0 Å². The molecule has 0 aliphatic carbocycles. The Bertz CT molecular complexity index is 732. The number of quaternary nitrogens is 1. The molecule has 0 aromatic heterocycles. The average Bonchev–Trinajstić information content (AvgIpc) is 2.60. The molecule has 0 radical (unpaired) electrons. The van der Waals surface area contributed by atoms with E-state index in [1.165, 1.54) is 0 Å². The van der Waals surface area contributed by atoms with Crippen LogP contribution in [0.5, 0.6) is 5.75 Å². The molecular formula is C19H24N3O3+. The van der Waals surface area contributed by atoms with Gasteiger partial charge >= 0.3 is 0 Å². The van der Waals surface area contributed by atoms with Gasteiger partial charge in [0.1, 0.15) is 12.3 Å². The van der Waals surface area contributed by atoms with Crippen LogP contribution in [0.15, 0.2) is 48.5 Å². The van der Waals surface area contributed by atoms with E-state index in [2.05, 4.69) is 16.9 Å². The van der Waals surface area contributed by atoms with Gasteiger partial charge in [-0.2, -0.15) is 0 Å². The number of methoxy groups -OCH3 is 1. The Labute approximate surface area is 147 Å². The van der Waals surface area contributed by atoms with E-state index in [1.54, 1.807) is 31.4 Å². The Morgan fingerprint density at radius 2 is 1.80 bits per heavy atom. The molecule has 2 aromatic rings. The molecule has 0 spiro atoms. The Morgan fingerprint density at radius 3 is 2.48 bits per heavy atom. The number of carbonyl (C=O) groups excluding carboxylic acids is 2. The van der Waals surface area contributed by atoms with Crippen LogP contribution in [0.1, 0.15) is 21.5 Å². The third-order valence-electron chi connectivity index (χ3n) is 3.74. The van der Waals surface area contributed by atoms with Gasteiger partial charge < -0.3 is 9.64 Å². The van der Waals surface area contributed by atoms with Gasteiger partial charge in [0.25, 0.3) is 11.8 Å². The Hall–Kier alpha value is -2.86. The first-order valence-electron chi connectivity index (χ1n) is 8.08. The van der Waals surface area contributed by atoms with Gasteiger partial charge in [0.05, 0.1) is 14.2 Å². The number of aryl methyl sites for hydroxylation is 1. The highest BCUT2D eigenvalue weighted by molar-refractivity contribution is 5.95. The summed E-state index contributed by atoms with van der Waals surface area (Å²) in [4.78, 5) is 24.9. The van der Waals surface area contributed by atoms with E-state index in [4.69, 9.17) is 4.74 Å². The van der Waals surface area contributed by atoms with E-state index in [1.807, 2.05) is 32.2 Å². The Morgan fingerprint density at radius 1 is 1.08 bits per heavy atom. The number of hydrazine groups is 1. The first-order chi connectivity index (χ1) is 12.0. The van der Waals surface area contributed by atoms with Gasteiger partial charge in [0.2, 0.25) is 0 Å². The maximum absolute atomic E-state index is 12.0. The molecule has 0 saturated heterocycles. The number of hydrogen-bond acceptors (Lipinski definition) is 3. The van der Waals surface area contributed by atoms with Crippen molar-refractivity contribution in [2.45, 2.75) is 13.5 Å². The molecule has 3 N–H and O–H groups in total. The highest BCUT2D eigenvalue weighted by Crippen LogP contribution is 2.18. The van der Waals surface area contributed by atoms with Crippen molar-refractivity contribution in [2.24, 2.45) is 0 Å². The van der Waals surface area contributed by atoms with Crippen molar-refractivity contribution in [2.75, 3.05) is 20.7 Å². The van der Waals surface area contributed by atoms with Crippen molar-refractivity contribution >= 4 is 11.8 Å². The molecule has 2 aromatic carbocycles. The highest BCUT2D eigenvalue weighted by atomic mass is 16.5. The van der Waals surface area contributed by atoms with Crippen LogP contribution >= 0.6 is 0 Å². The second-order valence-corrected chi connectivity index (χ2v) is 5.99. The van der Waals surface area contributed by atoms with Crippen LogP contribution in [0.25, 0.3) is 0 Å². The largest absolute Gasteiger partial charge is 0.496 e. The van der Waals surface area contributed by atoms with Crippen LogP contribution in [-0.4, -0.2) is 32.5 Å². The highest BCUT2D eigenvalue weighted by Gasteiger charge is 2.14. The van der Waals surface area contributed by atoms with Gasteiger partial charge in [-0.25, -0.2) is 0 Å². The minimum absolute atomic E-state index is 0.228. The minimum atomic E-state index is -0.341. The molecule has 0 bridgehead atoms. The van der Waals surface area contributed by atoms with Crippen molar-refractivity contribution in [3.8, 4) is 5.75 Å². The normalized spacial score (nSPS) is 11.5. The van der Waals surface area contributed by atoms with Crippen molar-refractivity contribution in [1.29, 1.82) is 0 Å². The zero-order valence-corrected chi connectivity index (χ0v) is 14.8. The molecule has 6 nitrogen and oxygen atoms in total. The molecule has 2 amide bonds. The summed E-state index contributed by atoms with van der Waals surface area (Å²) >= 11 is 0. The second kappa shape index (κ2) is 8.84. The predicted molar refractivity (Wildman–Crippen MR) is 95.2 cm³/mol. The van der Waals surface area contributed by atoms with Crippen LogP contribution in [0.2, 0.25) is 0 Å². The van der Waals surface area contributed by atoms with Crippen molar-refractivity contribution in [3.05, 3.63) is 65.2 Å². The zero-order valence-electron chi connectivity index (χ0n) is 14.8. The van der Waals surface area contributed by atoms with E-state index in [-0.39, 0.29) is 18.4 Å². The summed E-state index contributed by atoms with van der Waals surface area (Å²) in [5.74, 6) is 0.211. The quantitative estimate of drug-likeness (QED) is 0.669. The van der Waals surface area contributed by atoms with Crippen molar-refractivity contribution in [1.82, 2.24) is 10.9 Å². The van der Waals surface area contributed by atoms with Gasteiger partial charge in [0.15, 0.2) is 6.54 Å². The summed E-state index contributed by atoms with van der Waals surface area (Å²) in [5.41, 5.74) is 7.55.